The number of phenolic OH excluding ortho intramolecular Hbond substituents is 1. The van der Waals surface area contributed by atoms with E-state index in [1.54, 1.807) is 36.4 Å². The molecule has 0 bridgehead atoms. The molecule has 96 valence electrons. The first-order chi connectivity index (χ1) is 9.08. The highest BCUT2D eigenvalue weighted by Crippen LogP contribution is 2.20. The van der Waals surface area contributed by atoms with Gasteiger partial charge in [-0.2, -0.15) is 0 Å². The zero-order valence-electron chi connectivity index (χ0n) is 10.5. The lowest BCUT2D eigenvalue weighted by molar-refractivity contribution is 0.104. The lowest BCUT2D eigenvalue weighted by Gasteiger charge is -2.03. The summed E-state index contributed by atoms with van der Waals surface area (Å²) < 4.78 is 0. The monoisotopic (exact) mass is 254 g/mol. The average Bonchev–Trinajstić information content (AvgIpc) is 2.42. The van der Waals surface area contributed by atoms with Crippen molar-refractivity contribution >= 4 is 11.5 Å². The number of aliphatic hydroxyl groups excluding tert-OH is 1. The van der Waals surface area contributed by atoms with E-state index >= 15 is 0 Å². The molecule has 3 heteroatoms. The van der Waals surface area contributed by atoms with E-state index in [1.807, 2.05) is 13.0 Å². The van der Waals surface area contributed by atoms with Crippen molar-refractivity contribution in [1.29, 1.82) is 0 Å². The summed E-state index contributed by atoms with van der Waals surface area (Å²) in [5, 5.41) is 19.5. The zero-order valence-corrected chi connectivity index (χ0v) is 10.5. The van der Waals surface area contributed by atoms with Crippen molar-refractivity contribution in [3.05, 3.63) is 71.3 Å². The second-order valence-corrected chi connectivity index (χ2v) is 4.28. The molecule has 0 atom stereocenters. The van der Waals surface area contributed by atoms with Gasteiger partial charge in [-0.25, -0.2) is 0 Å². The molecule has 2 rings (SSSR count). The largest absolute Gasteiger partial charge is 0.507 e. The van der Waals surface area contributed by atoms with Crippen LogP contribution in [0.3, 0.4) is 0 Å². The number of aliphatic hydroxyl groups is 1. The summed E-state index contributed by atoms with van der Waals surface area (Å²) in [4.78, 5) is 12.0. The van der Waals surface area contributed by atoms with Crippen LogP contribution in [0.5, 0.6) is 5.75 Å². The summed E-state index contributed by atoms with van der Waals surface area (Å²) in [5.74, 6) is -0.637. The number of allylic oxidation sites excluding steroid dienone is 1. The molecule has 0 aliphatic heterocycles. The van der Waals surface area contributed by atoms with Crippen molar-refractivity contribution in [3.63, 3.8) is 0 Å². The van der Waals surface area contributed by atoms with Gasteiger partial charge in [0.05, 0.1) is 5.56 Å². The van der Waals surface area contributed by atoms with Gasteiger partial charge in [-0.05, 0) is 19.1 Å². The Labute approximate surface area is 111 Å². The van der Waals surface area contributed by atoms with Gasteiger partial charge in [-0.15, -0.1) is 0 Å². The number of phenols is 1. The molecule has 0 spiro atoms. The molecular formula is C16H14O3. The van der Waals surface area contributed by atoms with Crippen LogP contribution in [0.25, 0.3) is 5.76 Å². The molecule has 19 heavy (non-hydrogen) atoms. The van der Waals surface area contributed by atoms with Gasteiger partial charge in [0.15, 0.2) is 5.78 Å². The van der Waals surface area contributed by atoms with Gasteiger partial charge in [-0.3, -0.25) is 4.79 Å². The van der Waals surface area contributed by atoms with Crippen molar-refractivity contribution in [3.8, 4) is 5.75 Å². The number of rotatable bonds is 3. The number of carbonyl (C=O) groups excluding carboxylic acids is 1. The van der Waals surface area contributed by atoms with Gasteiger partial charge < -0.3 is 10.2 Å². The minimum absolute atomic E-state index is 0.0901. The van der Waals surface area contributed by atoms with E-state index in [0.717, 1.165) is 11.6 Å². The first-order valence-corrected chi connectivity index (χ1v) is 5.88. The molecule has 0 saturated carbocycles. The van der Waals surface area contributed by atoms with Crippen LogP contribution in [0, 0.1) is 6.92 Å². The van der Waals surface area contributed by atoms with E-state index < -0.39 is 5.78 Å². The Morgan fingerprint density at radius 2 is 1.79 bits per heavy atom. The second-order valence-electron chi connectivity index (χ2n) is 4.28. The Balaban J connectivity index is 2.33. The zero-order chi connectivity index (χ0) is 13.8. The number of hydrogen-bond donors (Lipinski definition) is 2. The first kappa shape index (κ1) is 12.9. The molecule has 0 aliphatic carbocycles. The number of aromatic hydroxyl groups is 1. The van der Waals surface area contributed by atoms with Crippen molar-refractivity contribution in [2.75, 3.05) is 0 Å². The minimum atomic E-state index is -0.428. The number of ketones is 1. The van der Waals surface area contributed by atoms with Crippen LogP contribution in [0.2, 0.25) is 0 Å². The van der Waals surface area contributed by atoms with Crippen LogP contribution in [0.1, 0.15) is 21.5 Å². The summed E-state index contributed by atoms with van der Waals surface area (Å²) in [6.45, 7) is 1.83. The van der Waals surface area contributed by atoms with Crippen LogP contribution in [-0.2, 0) is 0 Å². The highest BCUT2D eigenvalue weighted by molar-refractivity contribution is 6.09. The highest BCUT2D eigenvalue weighted by Gasteiger charge is 2.10. The normalized spacial score (nSPS) is 11.3. The van der Waals surface area contributed by atoms with Crippen LogP contribution in [-0.4, -0.2) is 16.0 Å². The second kappa shape index (κ2) is 5.40. The Morgan fingerprint density at radius 1 is 1.11 bits per heavy atom. The standard InChI is InChI=1S/C16H14O3/c1-11-7-8-14(17)13(9-11)16(19)10-15(18)12-5-3-2-4-6-12/h2-10,17-18H,1H3/b15-10-. The molecule has 2 N–H and O–H groups in total. The number of aryl methyl sites for hydroxylation is 1. The van der Waals surface area contributed by atoms with E-state index in [9.17, 15) is 15.0 Å². The molecule has 0 saturated heterocycles. The number of benzene rings is 2. The third-order valence-corrected chi connectivity index (χ3v) is 2.75. The summed E-state index contributed by atoms with van der Waals surface area (Å²) in [5.41, 5.74) is 1.61. The molecule has 0 aliphatic rings. The molecule has 0 fully saturated rings. The maximum Gasteiger partial charge on any atom is 0.193 e. The van der Waals surface area contributed by atoms with Gasteiger partial charge in [0.2, 0.25) is 0 Å². The molecule has 0 radical (unpaired) electrons. The molecular weight excluding hydrogens is 240 g/mol. The molecule has 3 nitrogen and oxygen atoms in total. The van der Waals surface area contributed by atoms with Crippen molar-refractivity contribution < 1.29 is 15.0 Å². The molecule has 0 amide bonds. The maximum absolute atomic E-state index is 12.0. The maximum atomic E-state index is 12.0. The fourth-order valence-corrected chi connectivity index (χ4v) is 1.74. The fourth-order valence-electron chi connectivity index (χ4n) is 1.74. The Hall–Kier alpha value is -2.55. The smallest absolute Gasteiger partial charge is 0.193 e. The summed E-state index contributed by atoms with van der Waals surface area (Å²) in [7, 11) is 0. The SMILES string of the molecule is Cc1ccc(O)c(C(=O)/C=C(\O)c2ccccc2)c1. The molecule has 2 aromatic carbocycles. The predicted octanol–water partition coefficient (Wildman–Crippen LogP) is 3.48. The quantitative estimate of drug-likeness (QED) is 0.501. The molecule has 0 unspecified atom stereocenters. The molecule has 0 aromatic heterocycles. The van der Waals surface area contributed by atoms with E-state index in [2.05, 4.69) is 0 Å². The molecule has 0 heterocycles. The summed E-state index contributed by atoms with van der Waals surface area (Å²) >= 11 is 0. The van der Waals surface area contributed by atoms with Gasteiger partial charge >= 0.3 is 0 Å². The van der Waals surface area contributed by atoms with E-state index in [0.29, 0.717) is 5.56 Å². The molecule has 2 aromatic rings. The third kappa shape index (κ3) is 3.01. The van der Waals surface area contributed by atoms with Gasteiger partial charge in [0, 0.05) is 11.6 Å². The van der Waals surface area contributed by atoms with Crippen molar-refractivity contribution in [2.45, 2.75) is 6.92 Å². The van der Waals surface area contributed by atoms with E-state index in [1.165, 1.54) is 6.07 Å². The first-order valence-electron chi connectivity index (χ1n) is 5.88. The Bertz CT molecular complexity index is 628. The van der Waals surface area contributed by atoms with E-state index in [-0.39, 0.29) is 17.1 Å². The number of hydrogen-bond acceptors (Lipinski definition) is 3. The minimum Gasteiger partial charge on any atom is -0.507 e. The summed E-state index contributed by atoms with van der Waals surface area (Å²) in [6.07, 6.45) is 1.11. The van der Waals surface area contributed by atoms with E-state index in [4.69, 9.17) is 0 Å². The van der Waals surface area contributed by atoms with Crippen LogP contribution in [0.15, 0.2) is 54.6 Å². The topological polar surface area (TPSA) is 57.5 Å². The predicted molar refractivity (Wildman–Crippen MR) is 74.2 cm³/mol. The van der Waals surface area contributed by atoms with Crippen LogP contribution >= 0.6 is 0 Å². The van der Waals surface area contributed by atoms with Gasteiger partial charge in [0.1, 0.15) is 11.5 Å². The Morgan fingerprint density at radius 3 is 2.47 bits per heavy atom. The van der Waals surface area contributed by atoms with Gasteiger partial charge in [-0.1, -0.05) is 42.0 Å². The highest BCUT2D eigenvalue weighted by atomic mass is 16.3. The van der Waals surface area contributed by atoms with Crippen LogP contribution in [0.4, 0.5) is 0 Å². The lowest BCUT2D eigenvalue weighted by Crippen LogP contribution is -1.98. The average molecular weight is 254 g/mol. The Kier molecular flexibility index (Phi) is 3.66. The third-order valence-electron chi connectivity index (χ3n) is 2.75. The summed E-state index contributed by atoms with van der Waals surface area (Å²) in [6, 6.07) is 13.5. The number of carbonyl (C=O) groups is 1. The fraction of sp³-hybridized carbons (Fsp3) is 0.0625. The van der Waals surface area contributed by atoms with Crippen LogP contribution < -0.4 is 0 Å². The van der Waals surface area contributed by atoms with Crippen molar-refractivity contribution in [1.82, 2.24) is 0 Å². The lowest BCUT2D eigenvalue weighted by atomic mass is 10.0. The van der Waals surface area contributed by atoms with Gasteiger partial charge in [0.25, 0.3) is 0 Å². The van der Waals surface area contributed by atoms with Crippen molar-refractivity contribution in [2.24, 2.45) is 0 Å².